The van der Waals surface area contributed by atoms with E-state index < -0.39 is 162 Å². The smallest absolute Gasteiger partial charge is 0.245 e. The van der Waals surface area contributed by atoms with Gasteiger partial charge in [-0.25, -0.2) is 0 Å². The minimum Gasteiger partial charge on any atom is -0.508 e. The van der Waals surface area contributed by atoms with Gasteiger partial charge in [0, 0.05) is 32.6 Å². The Balaban J connectivity index is 1.97. The second-order valence-electron chi connectivity index (χ2n) is 29.6. The molecule has 0 radical (unpaired) electrons. The number of benzene rings is 2. The van der Waals surface area contributed by atoms with Crippen LogP contribution < -0.4 is 115 Å². The number of amides is 13. The maximum absolute atomic E-state index is 15.1. The number of phenolic OH excluding ortho intramolecular Hbond substituents is 1. The predicted octanol–water partition coefficient (Wildman–Crippen LogP) is -4.61. The molecule has 2 aromatic carbocycles. The molecule has 13 amide bonds. The molecule has 3 rings (SSSR count). The molecule has 39 heteroatoms. The van der Waals surface area contributed by atoms with Crippen LogP contribution in [0.2, 0.25) is 0 Å². The van der Waals surface area contributed by atoms with Crippen molar-refractivity contribution in [1.82, 2.24) is 68.7 Å². The number of nitrogens with two attached hydrogens (primary N) is 9. The third-order valence-corrected chi connectivity index (χ3v) is 19.1. The lowest BCUT2D eigenvalue weighted by atomic mass is 9.96. The van der Waals surface area contributed by atoms with Gasteiger partial charge in [0.05, 0.1) is 19.1 Å². The average Bonchev–Trinajstić information content (AvgIpc) is 1.75. The van der Waals surface area contributed by atoms with Crippen LogP contribution in [0.1, 0.15) is 162 Å². The summed E-state index contributed by atoms with van der Waals surface area (Å²) in [7, 11) is 1.57. The molecule has 2 aromatic rings. The number of unbranched alkanes of at least 4 members (excludes halogenated alkanes) is 2. The first-order valence-corrected chi connectivity index (χ1v) is 39.5. The Morgan fingerprint density at radius 1 is 0.452 bits per heavy atom. The molecule has 1 aliphatic heterocycles. The second kappa shape index (κ2) is 53.2. The summed E-state index contributed by atoms with van der Waals surface area (Å²) in [5.74, 6) is -11.6. The summed E-state index contributed by atoms with van der Waals surface area (Å²) in [5.41, 5.74) is 52.4. The monoisotopic (exact) mass is 1620 g/mol. The topological polar surface area (TPSA) is 661 Å². The summed E-state index contributed by atoms with van der Waals surface area (Å²) in [6.45, 7) is 10.2. The van der Waals surface area contributed by atoms with E-state index in [1.54, 1.807) is 77.2 Å². The van der Waals surface area contributed by atoms with Crippen molar-refractivity contribution in [3.05, 3.63) is 65.7 Å². The molecule has 0 saturated carbocycles. The number of likely N-dealkylation sites (tertiary alicyclic amines) is 1. The maximum atomic E-state index is 15.1. The highest BCUT2D eigenvalue weighted by atomic mass is 16.3. The maximum Gasteiger partial charge on any atom is 0.245 e. The summed E-state index contributed by atoms with van der Waals surface area (Å²) in [6, 6.07) is 1.17. The Morgan fingerprint density at radius 3 is 1.35 bits per heavy atom. The van der Waals surface area contributed by atoms with Crippen LogP contribution in [0, 0.1) is 17.8 Å². The zero-order valence-electron chi connectivity index (χ0n) is 67.6. The Hall–Kier alpha value is -11.0. The fraction of sp³-hybridized carbons (Fsp3) is 0.632. The minimum absolute atomic E-state index is 0.00248. The van der Waals surface area contributed by atoms with Crippen LogP contribution in [-0.4, -0.2) is 231 Å². The van der Waals surface area contributed by atoms with E-state index in [-0.39, 0.29) is 158 Å². The molecule has 1 saturated heterocycles. The lowest BCUT2D eigenvalue weighted by Gasteiger charge is -2.32. The van der Waals surface area contributed by atoms with Crippen LogP contribution in [0.3, 0.4) is 0 Å². The van der Waals surface area contributed by atoms with E-state index in [0.717, 1.165) is 5.56 Å². The number of carbonyl (C=O) groups is 13. The first kappa shape index (κ1) is 98.2. The van der Waals surface area contributed by atoms with Gasteiger partial charge in [0.25, 0.3) is 0 Å². The quantitative estimate of drug-likeness (QED) is 0.0168. The van der Waals surface area contributed by atoms with E-state index in [1.807, 2.05) is 13.8 Å². The van der Waals surface area contributed by atoms with Crippen molar-refractivity contribution < 1.29 is 67.4 Å². The normalized spacial score (nSPS) is 15.3. The Bertz CT molecular complexity index is 3540. The number of guanidine groups is 3. The largest absolute Gasteiger partial charge is 0.508 e. The zero-order chi connectivity index (χ0) is 85.7. The molecule has 1 fully saturated rings. The molecule has 0 aliphatic carbocycles. The fourth-order valence-corrected chi connectivity index (χ4v) is 12.6. The summed E-state index contributed by atoms with van der Waals surface area (Å²) >= 11 is 0. The van der Waals surface area contributed by atoms with Crippen LogP contribution in [0.25, 0.3) is 0 Å². The molecule has 0 aromatic heterocycles. The van der Waals surface area contributed by atoms with Crippen LogP contribution >= 0.6 is 0 Å². The van der Waals surface area contributed by atoms with E-state index in [2.05, 4.69) is 78.8 Å². The molecular weight excluding hydrogens is 1490 g/mol. The molecule has 1 aliphatic rings. The highest BCUT2D eigenvalue weighted by Gasteiger charge is 2.42. The molecule has 1 heterocycles. The highest BCUT2D eigenvalue weighted by molar-refractivity contribution is 6.00. The number of hydrogen-bond acceptors (Lipinski definition) is 20. The van der Waals surface area contributed by atoms with Gasteiger partial charge in [-0.05, 0) is 170 Å². The lowest BCUT2D eigenvalue weighted by molar-refractivity contribution is -0.143. The number of rotatable bonds is 55. The van der Waals surface area contributed by atoms with E-state index >= 15 is 4.79 Å². The molecule has 0 bridgehead atoms. The molecule has 115 heavy (non-hydrogen) atoms. The van der Waals surface area contributed by atoms with Crippen molar-refractivity contribution in [3.63, 3.8) is 0 Å². The first-order chi connectivity index (χ1) is 54.6. The number of likely N-dealkylation sites (N-methyl/N-ethyl adjacent to an activating group) is 1. The number of nitrogens with one attached hydrogen (secondary N) is 12. The number of nitrogens with zero attached hydrogens (tertiary/aromatic N) is 4. The molecule has 12 atom stereocenters. The standard InChI is InChI=1S/C76H129N25O14/c1-8-46(6)62(72(114)97-54(26-18-36-89-76(84)85)73(115)101-37-19-27-59(101)71(113)96-51(23-13-15-33-78)66(108)98-56(38-44(2)3)68(110)93-50(63(79)105)22-12-14-32-77)100-67(109)53(25-17-35-88-75(82)83)94-65(107)52(24-16-34-87-74(80)81)95-69(111)57(39-45(4)5)99-70(112)58(41-47-20-10-9-11-21-47)92-61(104)43-90-60(103)42-91-64(106)55(86-7)40-48-28-30-49(102)31-29-48/h9-11,20-21,28-31,44-46,50-59,62,86,102H,8,12-19,22-27,32-43,77-78H2,1-7H3,(H2,79,105)(H,90,103)(H,91,106)(H,92,104)(H,93,110)(H,94,107)(H,95,111)(H,96,113)(H,97,114)(H,98,108)(H,99,112)(H,100,109)(H4,80,81,87)(H4,82,83,88)(H4,84,85,89)/t46-,50-,51-,52-,53-,54-,55-,56-,57-,58-,59-,62-/m0/s1. The van der Waals surface area contributed by atoms with Gasteiger partial charge in [-0.1, -0.05) is 90.4 Å². The lowest BCUT2D eigenvalue weighted by Crippen LogP contribution is -2.61. The number of aliphatic imine (C=N–C) groups is 3. The zero-order valence-corrected chi connectivity index (χ0v) is 67.6. The fourth-order valence-electron chi connectivity index (χ4n) is 12.6. The highest BCUT2D eigenvalue weighted by Crippen LogP contribution is 2.23. The van der Waals surface area contributed by atoms with Gasteiger partial charge in [0.1, 0.15) is 66.2 Å². The number of aromatic hydroxyl groups is 1. The van der Waals surface area contributed by atoms with E-state index in [9.17, 15) is 62.6 Å². The first-order valence-electron chi connectivity index (χ1n) is 39.5. The van der Waals surface area contributed by atoms with Crippen molar-refractivity contribution in [2.24, 2.45) is 84.3 Å². The van der Waals surface area contributed by atoms with Crippen molar-refractivity contribution in [3.8, 4) is 5.75 Å². The van der Waals surface area contributed by atoms with E-state index in [0.29, 0.717) is 44.2 Å². The Morgan fingerprint density at radius 2 is 0.870 bits per heavy atom. The van der Waals surface area contributed by atoms with Crippen molar-refractivity contribution in [2.45, 2.75) is 230 Å². The molecule has 31 N–H and O–H groups in total. The predicted molar refractivity (Wildman–Crippen MR) is 436 cm³/mol. The molecule has 0 spiro atoms. The summed E-state index contributed by atoms with van der Waals surface area (Å²) in [4.78, 5) is 197. The van der Waals surface area contributed by atoms with Crippen molar-refractivity contribution in [1.29, 1.82) is 0 Å². The summed E-state index contributed by atoms with van der Waals surface area (Å²) in [6.07, 6.45) is 3.25. The molecular formula is C76H129N25O14. The van der Waals surface area contributed by atoms with E-state index in [1.165, 1.54) is 17.0 Å². The molecule has 39 nitrogen and oxygen atoms in total. The van der Waals surface area contributed by atoms with Gasteiger partial charge in [0.2, 0.25) is 76.8 Å². The number of carbonyl (C=O) groups excluding carboxylic acids is 13. The van der Waals surface area contributed by atoms with Crippen molar-refractivity contribution >= 4 is 94.7 Å². The number of primary amides is 1. The minimum atomic E-state index is -1.48. The van der Waals surface area contributed by atoms with Gasteiger partial charge in [-0.15, -0.1) is 0 Å². The summed E-state index contributed by atoms with van der Waals surface area (Å²) < 4.78 is 0. The van der Waals surface area contributed by atoms with Gasteiger partial charge >= 0.3 is 0 Å². The third kappa shape index (κ3) is 38.2. The number of hydrogen-bond donors (Lipinski definition) is 22. The Kier molecular flexibility index (Phi) is 45.4. The van der Waals surface area contributed by atoms with Crippen LogP contribution in [0.5, 0.6) is 5.75 Å². The van der Waals surface area contributed by atoms with Crippen LogP contribution in [0.4, 0.5) is 0 Å². The van der Waals surface area contributed by atoms with Gasteiger partial charge < -0.3 is 125 Å². The van der Waals surface area contributed by atoms with Gasteiger partial charge in [0.15, 0.2) is 17.9 Å². The third-order valence-electron chi connectivity index (χ3n) is 19.1. The van der Waals surface area contributed by atoms with Crippen molar-refractivity contribution in [2.75, 3.05) is 59.4 Å². The second-order valence-corrected chi connectivity index (χ2v) is 29.6. The molecule has 0 unspecified atom stereocenters. The van der Waals surface area contributed by atoms with Crippen LogP contribution in [0.15, 0.2) is 69.6 Å². The van der Waals surface area contributed by atoms with E-state index in [4.69, 9.17) is 51.6 Å². The Labute approximate surface area is 673 Å². The van der Waals surface area contributed by atoms with Gasteiger partial charge in [-0.3, -0.25) is 77.3 Å². The van der Waals surface area contributed by atoms with Crippen LogP contribution in [-0.2, 0) is 75.2 Å². The SMILES string of the molecule is CC[C@H](C)[C@H](NC(=O)[C@H](CCCN=C(N)N)NC(=O)[C@H](CCCN=C(N)N)NC(=O)[C@H](CC(C)C)NC(=O)[C@H](Cc1ccccc1)NC(=O)CNC(=O)CNC(=O)[C@H](Cc1ccc(O)cc1)NC)C(=O)N[C@@H](CCCN=C(N)N)C(=O)N1CCC[C@H]1C(=O)N[C@@H](CCCCN)C(=O)N[C@@H](CC(C)C)C(=O)N[C@@H](CCCCN)C(N)=O. The molecule has 642 valence electrons. The summed E-state index contributed by atoms with van der Waals surface area (Å²) in [5, 5.41) is 42.3. The number of phenols is 1. The average molecular weight is 1620 g/mol. The van der Waals surface area contributed by atoms with Gasteiger partial charge in [-0.2, -0.15) is 0 Å².